The summed E-state index contributed by atoms with van der Waals surface area (Å²) < 4.78 is 16.8. The van der Waals surface area contributed by atoms with Crippen LogP contribution in [0, 0.1) is 0 Å². The Morgan fingerprint density at radius 1 is 1.00 bits per heavy atom. The largest absolute Gasteiger partial charge is 0.542 e. The van der Waals surface area contributed by atoms with E-state index in [4.69, 9.17) is 14.1 Å². The van der Waals surface area contributed by atoms with Crippen LogP contribution in [0.25, 0.3) is 16.7 Å². The van der Waals surface area contributed by atoms with Crippen LogP contribution in [0.2, 0.25) is 6.32 Å². The zero-order valence-electron chi connectivity index (χ0n) is 15.0. The average Bonchev–Trinajstić information content (AvgIpc) is 3.33. The summed E-state index contributed by atoms with van der Waals surface area (Å²) in [6.45, 7) is 0. The number of hydrogen-bond acceptors (Lipinski definition) is 4. The fraction of sp³-hybridized carbons (Fsp3) is 0.333. The van der Waals surface area contributed by atoms with Gasteiger partial charge in [0.1, 0.15) is 0 Å². The molecule has 0 aromatic heterocycles. The van der Waals surface area contributed by atoms with Gasteiger partial charge in [-0.15, -0.1) is 0 Å². The van der Waals surface area contributed by atoms with Gasteiger partial charge in [0, 0.05) is 6.32 Å². The molecule has 1 N–H and O–H groups in total. The van der Waals surface area contributed by atoms with Crippen molar-refractivity contribution >= 4 is 12.7 Å². The maximum atomic E-state index is 9.57. The summed E-state index contributed by atoms with van der Waals surface area (Å²) in [6.07, 6.45) is 7.13. The molecular formula is C21H23BO4. The molecule has 5 heteroatoms. The van der Waals surface area contributed by atoms with Crippen molar-refractivity contribution in [2.45, 2.75) is 38.1 Å². The lowest BCUT2D eigenvalue weighted by molar-refractivity contribution is 0.201. The third-order valence-electron chi connectivity index (χ3n) is 5.09. The summed E-state index contributed by atoms with van der Waals surface area (Å²) in [7, 11) is 0.940. The van der Waals surface area contributed by atoms with Crippen molar-refractivity contribution in [2.75, 3.05) is 7.11 Å². The third kappa shape index (κ3) is 3.58. The van der Waals surface area contributed by atoms with Gasteiger partial charge in [-0.25, -0.2) is 0 Å². The molecular weight excluding hydrogens is 327 g/mol. The molecule has 0 amide bonds. The van der Waals surface area contributed by atoms with Gasteiger partial charge in [0.05, 0.1) is 19.5 Å². The van der Waals surface area contributed by atoms with Gasteiger partial charge in [-0.05, 0) is 66.1 Å². The highest BCUT2D eigenvalue weighted by Crippen LogP contribution is 2.36. The first kappa shape index (κ1) is 17.0. The molecule has 0 saturated heterocycles. The third-order valence-corrected chi connectivity index (χ3v) is 5.09. The highest BCUT2D eigenvalue weighted by Gasteiger charge is 2.24. The molecule has 134 valence electrons. The molecule has 1 fully saturated rings. The van der Waals surface area contributed by atoms with E-state index < -0.39 is 7.12 Å². The minimum atomic E-state index is -0.735. The van der Waals surface area contributed by atoms with Crippen LogP contribution in [0.1, 0.15) is 31.2 Å². The second kappa shape index (κ2) is 7.46. The predicted octanol–water partition coefficient (Wildman–Crippen LogP) is 4.54. The molecule has 0 unspecified atom stereocenters. The Morgan fingerprint density at radius 3 is 2.50 bits per heavy atom. The number of ether oxygens (including phenoxy) is 2. The Labute approximate surface area is 154 Å². The maximum Gasteiger partial charge on any atom is 0.526 e. The van der Waals surface area contributed by atoms with Crippen LogP contribution in [0.4, 0.5) is 0 Å². The molecule has 4 nitrogen and oxygen atoms in total. The minimum Gasteiger partial charge on any atom is -0.542 e. The van der Waals surface area contributed by atoms with Crippen LogP contribution in [-0.2, 0) is 4.65 Å². The molecule has 1 aliphatic heterocycles. The molecule has 26 heavy (non-hydrogen) atoms. The van der Waals surface area contributed by atoms with Crippen molar-refractivity contribution < 1.29 is 19.2 Å². The van der Waals surface area contributed by atoms with Crippen molar-refractivity contribution in [3.8, 4) is 22.6 Å². The fourth-order valence-corrected chi connectivity index (χ4v) is 3.66. The molecule has 2 aromatic carbocycles. The summed E-state index contributed by atoms with van der Waals surface area (Å²) in [5, 5.41) is 9.57. The standard InChI is InChI=1S/C21H23BO4/c1-24-20-10-9-17(12-21(20)26-19-7-2-3-8-19)15-5-4-6-16(11-15)18-13-22(23)25-14-18/h4-6,9-12,14,19,23H,2-3,7-8,13H2,1H3. The fourth-order valence-electron chi connectivity index (χ4n) is 3.66. The van der Waals surface area contributed by atoms with Gasteiger partial charge in [-0.3, -0.25) is 0 Å². The van der Waals surface area contributed by atoms with E-state index in [0.29, 0.717) is 6.32 Å². The smallest absolute Gasteiger partial charge is 0.526 e. The van der Waals surface area contributed by atoms with Crippen molar-refractivity contribution in [3.05, 3.63) is 54.3 Å². The van der Waals surface area contributed by atoms with Gasteiger partial charge < -0.3 is 19.2 Å². The molecule has 4 rings (SSSR count). The Hall–Kier alpha value is -2.40. The zero-order chi connectivity index (χ0) is 17.9. The van der Waals surface area contributed by atoms with Gasteiger partial charge in [0.2, 0.25) is 0 Å². The van der Waals surface area contributed by atoms with Crippen LogP contribution >= 0.6 is 0 Å². The molecule has 2 aromatic rings. The summed E-state index contributed by atoms with van der Waals surface area (Å²) >= 11 is 0. The molecule has 1 aliphatic carbocycles. The van der Waals surface area contributed by atoms with Gasteiger partial charge in [0.25, 0.3) is 0 Å². The number of rotatable bonds is 5. The lowest BCUT2D eigenvalue weighted by atomic mass is 9.81. The van der Waals surface area contributed by atoms with Gasteiger partial charge in [-0.2, -0.15) is 0 Å². The molecule has 0 radical (unpaired) electrons. The molecule has 1 saturated carbocycles. The molecule has 2 aliphatic rings. The summed E-state index contributed by atoms with van der Waals surface area (Å²) in [4.78, 5) is 0. The normalized spacial score (nSPS) is 17.2. The highest BCUT2D eigenvalue weighted by molar-refractivity contribution is 6.47. The van der Waals surface area contributed by atoms with Crippen LogP contribution < -0.4 is 9.47 Å². The first-order valence-electron chi connectivity index (χ1n) is 9.21. The number of hydrogen-bond donors (Lipinski definition) is 1. The van der Waals surface area contributed by atoms with Crippen LogP contribution in [0.15, 0.2) is 48.7 Å². The van der Waals surface area contributed by atoms with E-state index in [9.17, 15) is 5.02 Å². The summed E-state index contributed by atoms with van der Waals surface area (Å²) in [5.74, 6) is 1.58. The van der Waals surface area contributed by atoms with Gasteiger partial charge in [-0.1, -0.05) is 24.3 Å². The second-order valence-corrected chi connectivity index (χ2v) is 6.91. The van der Waals surface area contributed by atoms with Gasteiger partial charge >= 0.3 is 7.12 Å². The summed E-state index contributed by atoms with van der Waals surface area (Å²) in [6, 6.07) is 14.3. The van der Waals surface area contributed by atoms with E-state index in [0.717, 1.165) is 46.6 Å². The molecule has 1 heterocycles. The Kier molecular flexibility index (Phi) is 4.89. The van der Waals surface area contributed by atoms with E-state index in [-0.39, 0.29) is 6.10 Å². The van der Waals surface area contributed by atoms with E-state index in [1.54, 1.807) is 13.4 Å². The van der Waals surface area contributed by atoms with Crippen LogP contribution in [-0.4, -0.2) is 25.4 Å². The highest BCUT2D eigenvalue weighted by atomic mass is 16.5. The molecule has 0 bridgehead atoms. The lowest BCUT2D eigenvalue weighted by Crippen LogP contribution is -2.11. The topological polar surface area (TPSA) is 47.9 Å². The van der Waals surface area contributed by atoms with Crippen molar-refractivity contribution in [1.82, 2.24) is 0 Å². The number of methoxy groups -OCH3 is 1. The van der Waals surface area contributed by atoms with E-state index in [2.05, 4.69) is 18.2 Å². The van der Waals surface area contributed by atoms with Crippen LogP contribution in [0.5, 0.6) is 11.5 Å². The van der Waals surface area contributed by atoms with Crippen molar-refractivity contribution in [2.24, 2.45) is 0 Å². The average molecular weight is 350 g/mol. The summed E-state index contributed by atoms with van der Waals surface area (Å²) in [5.41, 5.74) is 4.26. The van der Waals surface area contributed by atoms with Crippen molar-refractivity contribution in [3.63, 3.8) is 0 Å². The van der Waals surface area contributed by atoms with E-state index in [1.165, 1.54) is 12.8 Å². The molecule has 0 spiro atoms. The quantitative estimate of drug-likeness (QED) is 0.805. The second-order valence-electron chi connectivity index (χ2n) is 6.91. The Morgan fingerprint density at radius 2 is 1.77 bits per heavy atom. The number of allylic oxidation sites excluding steroid dienone is 1. The Balaban J connectivity index is 1.63. The molecule has 0 atom stereocenters. The maximum absolute atomic E-state index is 9.57. The monoisotopic (exact) mass is 350 g/mol. The first-order valence-corrected chi connectivity index (χ1v) is 9.21. The Bertz CT molecular complexity index is 811. The van der Waals surface area contributed by atoms with Gasteiger partial charge in [0.15, 0.2) is 11.5 Å². The zero-order valence-corrected chi connectivity index (χ0v) is 15.0. The van der Waals surface area contributed by atoms with E-state index in [1.807, 2.05) is 24.3 Å². The minimum absolute atomic E-state index is 0.285. The first-order chi connectivity index (χ1) is 12.7. The SMILES string of the molecule is COc1ccc(-c2cccc(C3=COB(O)C3)c2)cc1OC1CCCC1. The van der Waals surface area contributed by atoms with E-state index >= 15 is 0 Å². The number of benzene rings is 2. The van der Waals surface area contributed by atoms with Crippen LogP contribution in [0.3, 0.4) is 0 Å². The predicted molar refractivity (Wildman–Crippen MR) is 103 cm³/mol. The van der Waals surface area contributed by atoms with Crippen molar-refractivity contribution in [1.29, 1.82) is 0 Å². The lowest BCUT2D eigenvalue weighted by Gasteiger charge is -2.17.